The molecule has 3 atom stereocenters. The van der Waals surface area contributed by atoms with Gasteiger partial charge in [0.05, 0.1) is 0 Å². The standard InChI is InChI=1S/C14H29N/c1-5-8-11(2)13(15)12-9-6-7-10-14(12,3)4/h11-13H,5-10,15H2,1-4H3. The maximum atomic E-state index is 6.45. The summed E-state index contributed by atoms with van der Waals surface area (Å²) in [4.78, 5) is 0. The Labute approximate surface area is 95.8 Å². The van der Waals surface area contributed by atoms with Gasteiger partial charge in [0.25, 0.3) is 0 Å². The van der Waals surface area contributed by atoms with E-state index in [-0.39, 0.29) is 0 Å². The molecule has 0 spiro atoms. The molecule has 1 aliphatic rings. The van der Waals surface area contributed by atoms with Crippen molar-refractivity contribution in [1.29, 1.82) is 0 Å². The first-order chi connectivity index (χ1) is 6.99. The van der Waals surface area contributed by atoms with Crippen LogP contribution in [0.4, 0.5) is 0 Å². The van der Waals surface area contributed by atoms with Gasteiger partial charge in [0.1, 0.15) is 0 Å². The van der Waals surface area contributed by atoms with Crippen molar-refractivity contribution in [1.82, 2.24) is 0 Å². The smallest absolute Gasteiger partial charge is 0.00980 e. The van der Waals surface area contributed by atoms with Crippen LogP contribution in [0.2, 0.25) is 0 Å². The summed E-state index contributed by atoms with van der Waals surface area (Å²) in [6, 6.07) is 0.417. The van der Waals surface area contributed by atoms with Gasteiger partial charge in [0, 0.05) is 6.04 Å². The molecular formula is C14H29N. The third kappa shape index (κ3) is 3.21. The third-order valence-corrected chi connectivity index (χ3v) is 4.46. The van der Waals surface area contributed by atoms with Crippen LogP contribution in [0.3, 0.4) is 0 Å². The minimum Gasteiger partial charge on any atom is -0.327 e. The molecule has 0 amide bonds. The minimum absolute atomic E-state index is 0.417. The molecule has 0 heterocycles. The largest absolute Gasteiger partial charge is 0.327 e. The number of hydrogen-bond donors (Lipinski definition) is 1. The lowest BCUT2D eigenvalue weighted by Crippen LogP contribution is -2.45. The van der Waals surface area contributed by atoms with Crippen molar-refractivity contribution in [3.8, 4) is 0 Å². The fourth-order valence-electron chi connectivity index (χ4n) is 3.28. The molecule has 0 aromatic heterocycles. The average Bonchev–Trinajstić information content (AvgIpc) is 2.16. The first kappa shape index (κ1) is 13.0. The highest BCUT2D eigenvalue weighted by atomic mass is 14.7. The molecule has 1 aliphatic carbocycles. The lowest BCUT2D eigenvalue weighted by atomic mass is 9.64. The molecule has 1 rings (SSSR count). The molecule has 0 bridgehead atoms. The van der Waals surface area contributed by atoms with Gasteiger partial charge in [-0.1, -0.05) is 47.0 Å². The molecule has 3 unspecified atom stereocenters. The summed E-state index contributed by atoms with van der Waals surface area (Å²) in [7, 11) is 0. The Kier molecular flexibility index (Phi) is 4.64. The highest BCUT2D eigenvalue weighted by Gasteiger charge is 2.37. The van der Waals surface area contributed by atoms with Crippen LogP contribution in [-0.2, 0) is 0 Å². The molecule has 2 N–H and O–H groups in total. The average molecular weight is 211 g/mol. The van der Waals surface area contributed by atoms with E-state index >= 15 is 0 Å². The fourth-order valence-corrected chi connectivity index (χ4v) is 3.28. The van der Waals surface area contributed by atoms with E-state index in [2.05, 4.69) is 27.7 Å². The molecule has 1 heteroatoms. The monoisotopic (exact) mass is 211 g/mol. The van der Waals surface area contributed by atoms with Gasteiger partial charge in [-0.15, -0.1) is 0 Å². The van der Waals surface area contributed by atoms with E-state index in [0.29, 0.717) is 17.4 Å². The predicted octanol–water partition coefficient (Wildman–Crippen LogP) is 3.97. The van der Waals surface area contributed by atoms with E-state index in [0.717, 1.165) is 5.92 Å². The molecule has 0 aromatic carbocycles. The van der Waals surface area contributed by atoms with Gasteiger partial charge in [-0.3, -0.25) is 0 Å². The maximum Gasteiger partial charge on any atom is 0.00980 e. The second kappa shape index (κ2) is 5.34. The molecule has 0 radical (unpaired) electrons. The quantitative estimate of drug-likeness (QED) is 0.748. The van der Waals surface area contributed by atoms with Crippen molar-refractivity contribution in [2.24, 2.45) is 23.0 Å². The van der Waals surface area contributed by atoms with Crippen LogP contribution < -0.4 is 5.73 Å². The summed E-state index contributed by atoms with van der Waals surface area (Å²) < 4.78 is 0. The van der Waals surface area contributed by atoms with Crippen LogP contribution in [0.1, 0.15) is 66.2 Å². The third-order valence-electron chi connectivity index (χ3n) is 4.46. The summed E-state index contributed by atoms with van der Waals surface area (Å²) >= 11 is 0. The van der Waals surface area contributed by atoms with Crippen LogP contribution in [0, 0.1) is 17.3 Å². The maximum absolute atomic E-state index is 6.45. The number of rotatable bonds is 4. The Bertz CT molecular complexity index is 186. The molecular weight excluding hydrogens is 182 g/mol. The van der Waals surface area contributed by atoms with E-state index in [1.807, 2.05) is 0 Å². The predicted molar refractivity (Wildman–Crippen MR) is 67.8 cm³/mol. The van der Waals surface area contributed by atoms with Crippen LogP contribution in [-0.4, -0.2) is 6.04 Å². The zero-order valence-corrected chi connectivity index (χ0v) is 11.1. The Balaban J connectivity index is 2.59. The molecule has 0 saturated heterocycles. The molecule has 1 saturated carbocycles. The Morgan fingerprint density at radius 1 is 1.33 bits per heavy atom. The van der Waals surface area contributed by atoms with Gasteiger partial charge in [0.15, 0.2) is 0 Å². The molecule has 1 nitrogen and oxygen atoms in total. The normalized spacial score (nSPS) is 29.8. The van der Waals surface area contributed by atoms with Crippen molar-refractivity contribution in [3.63, 3.8) is 0 Å². The van der Waals surface area contributed by atoms with Crippen LogP contribution in [0.5, 0.6) is 0 Å². The van der Waals surface area contributed by atoms with E-state index in [4.69, 9.17) is 5.73 Å². The Morgan fingerprint density at radius 3 is 2.53 bits per heavy atom. The second-order valence-corrected chi connectivity index (χ2v) is 6.18. The van der Waals surface area contributed by atoms with Crippen LogP contribution in [0.25, 0.3) is 0 Å². The van der Waals surface area contributed by atoms with Crippen molar-refractivity contribution in [2.75, 3.05) is 0 Å². The summed E-state index contributed by atoms with van der Waals surface area (Å²) in [5, 5.41) is 0. The van der Waals surface area contributed by atoms with Gasteiger partial charge < -0.3 is 5.73 Å². The van der Waals surface area contributed by atoms with E-state index in [1.54, 1.807) is 0 Å². The van der Waals surface area contributed by atoms with Crippen molar-refractivity contribution >= 4 is 0 Å². The van der Waals surface area contributed by atoms with Crippen LogP contribution >= 0.6 is 0 Å². The Morgan fingerprint density at radius 2 is 2.00 bits per heavy atom. The van der Waals surface area contributed by atoms with Crippen molar-refractivity contribution in [2.45, 2.75) is 72.3 Å². The fraction of sp³-hybridized carbons (Fsp3) is 1.00. The lowest BCUT2D eigenvalue weighted by molar-refractivity contribution is 0.0911. The Hall–Kier alpha value is -0.0400. The summed E-state index contributed by atoms with van der Waals surface area (Å²) in [5.74, 6) is 1.44. The molecule has 0 aliphatic heterocycles. The molecule has 90 valence electrons. The van der Waals surface area contributed by atoms with Gasteiger partial charge in [-0.25, -0.2) is 0 Å². The van der Waals surface area contributed by atoms with Gasteiger partial charge >= 0.3 is 0 Å². The summed E-state index contributed by atoms with van der Waals surface area (Å²) in [6.07, 6.45) is 8.06. The lowest BCUT2D eigenvalue weighted by Gasteiger charge is -2.44. The highest BCUT2D eigenvalue weighted by Crippen LogP contribution is 2.43. The van der Waals surface area contributed by atoms with Crippen molar-refractivity contribution in [3.05, 3.63) is 0 Å². The molecule has 0 aromatic rings. The SMILES string of the molecule is CCCC(C)C(N)C1CCCCC1(C)C. The zero-order valence-electron chi connectivity index (χ0n) is 11.1. The first-order valence-electron chi connectivity index (χ1n) is 6.74. The minimum atomic E-state index is 0.417. The van der Waals surface area contributed by atoms with Crippen LogP contribution in [0.15, 0.2) is 0 Å². The molecule has 15 heavy (non-hydrogen) atoms. The summed E-state index contributed by atoms with van der Waals surface area (Å²) in [5.41, 5.74) is 6.93. The van der Waals surface area contributed by atoms with Gasteiger partial charge in [-0.05, 0) is 36.5 Å². The van der Waals surface area contributed by atoms with E-state index in [9.17, 15) is 0 Å². The van der Waals surface area contributed by atoms with Gasteiger partial charge in [0.2, 0.25) is 0 Å². The first-order valence-corrected chi connectivity index (χ1v) is 6.74. The van der Waals surface area contributed by atoms with E-state index in [1.165, 1.54) is 38.5 Å². The topological polar surface area (TPSA) is 26.0 Å². The van der Waals surface area contributed by atoms with Gasteiger partial charge in [-0.2, -0.15) is 0 Å². The highest BCUT2D eigenvalue weighted by molar-refractivity contribution is 4.90. The zero-order chi connectivity index (χ0) is 11.5. The van der Waals surface area contributed by atoms with E-state index < -0.39 is 0 Å². The number of nitrogens with two attached hydrogens (primary N) is 1. The number of hydrogen-bond acceptors (Lipinski definition) is 1. The second-order valence-electron chi connectivity index (χ2n) is 6.18. The molecule has 1 fully saturated rings. The summed E-state index contributed by atoms with van der Waals surface area (Å²) in [6.45, 7) is 9.42. The van der Waals surface area contributed by atoms with Crippen molar-refractivity contribution < 1.29 is 0 Å².